The van der Waals surface area contributed by atoms with Gasteiger partial charge in [0, 0.05) is 19.0 Å². The minimum Gasteiger partial charge on any atom is -0.354 e. The van der Waals surface area contributed by atoms with Crippen molar-refractivity contribution in [2.24, 2.45) is 4.99 Å². The average molecular weight is 411 g/mol. The van der Waals surface area contributed by atoms with Gasteiger partial charge in [0.25, 0.3) is 0 Å². The molecule has 0 radical (unpaired) electrons. The summed E-state index contributed by atoms with van der Waals surface area (Å²) in [6.45, 7) is 9.79. The topological polar surface area (TPSA) is 67.1 Å². The highest BCUT2D eigenvalue weighted by atomic mass is 35.5. The molecule has 2 rings (SSSR count). The first-order valence-corrected chi connectivity index (χ1v) is 10.1. The zero-order valence-corrected chi connectivity index (χ0v) is 17.8. The van der Waals surface area contributed by atoms with E-state index in [4.69, 9.17) is 28.2 Å². The van der Waals surface area contributed by atoms with Crippen LogP contribution in [0.2, 0.25) is 10.0 Å². The van der Waals surface area contributed by atoms with Gasteiger partial charge < -0.3 is 15.2 Å². The number of nitrogens with zero attached hydrogens (tertiary/aromatic N) is 4. The maximum atomic E-state index is 6.15. The fourth-order valence-electron chi connectivity index (χ4n) is 2.55. The smallest absolute Gasteiger partial charge is 0.192 e. The molecule has 2 unspecified atom stereocenters. The van der Waals surface area contributed by atoms with Gasteiger partial charge >= 0.3 is 0 Å². The summed E-state index contributed by atoms with van der Waals surface area (Å²) in [6, 6.07) is 6.02. The van der Waals surface area contributed by atoms with Crippen LogP contribution in [0.15, 0.2) is 29.5 Å². The van der Waals surface area contributed by atoms with Gasteiger partial charge in [-0.1, -0.05) is 43.1 Å². The standard InChI is InChI=1S/C19H28Cl2N6/c1-5-13(3)24-19(22-9-10-27-12-23-26-18(27)6-2)25-14(4)15-7-8-16(20)17(21)11-15/h7-8,11-14H,5-6,9-10H2,1-4H3,(H2,22,24,25). The third kappa shape index (κ3) is 6.40. The molecule has 2 N–H and O–H groups in total. The number of hydrogen-bond donors (Lipinski definition) is 2. The third-order valence-electron chi connectivity index (χ3n) is 4.42. The minimum absolute atomic E-state index is 0.0381. The van der Waals surface area contributed by atoms with Crippen LogP contribution < -0.4 is 10.6 Å². The molecule has 1 aromatic heterocycles. The summed E-state index contributed by atoms with van der Waals surface area (Å²) in [5.41, 5.74) is 1.05. The maximum absolute atomic E-state index is 6.15. The number of guanidine groups is 1. The molecule has 0 saturated heterocycles. The van der Waals surface area contributed by atoms with Gasteiger partial charge in [0.05, 0.1) is 22.6 Å². The van der Waals surface area contributed by atoms with E-state index in [1.807, 2.05) is 22.8 Å². The summed E-state index contributed by atoms with van der Waals surface area (Å²) in [5, 5.41) is 16.1. The van der Waals surface area contributed by atoms with Crippen LogP contribution in [0, 0.1) is 0 Å². The summed E-state index contributed by atoms with van der Waals surface area (Å²) in [4.78, 5) is 4.73. The largest absolute Gasteiger partial charge is 0.354 e. The number of benzene rings is 1. The Hall–Kier alpha value is -1.79. The van der Waals surface area contributed by atoms with Gasteiger partial charge in [-0.25, -0.2) is 0 Å². The molecule has 0 aliphatic rings. The quantitative estimate of drug-likeness (QED) is 0.504. The average Bonchev–Trinajstić information content (AvgIpc) is 3.11. The highest BCUT2D eigenvalue weighted by Gasteiger charge is 2.11. The minimum atomic E-state index is 0.0381. The van der Waals surface area contributed by atoms with Gasteiger partial charge in [-0.2, -0.15) is 0 Å². The number of halogens is 2. The first-order chi connectivity index (χ1) is 12.9. The van der Waals surface area contributed by atoms with Crippen molar-refractivity contribution >= 4 is 29.2 Å². The van der Waals surface area contributed by atoms with Crippen LogP contribution >= 0.6 is 23.2 Å². The third-order valence-corrected chi connectivity index (χ3v) is 5.15. The first-order valence-electron chi connectivity index (χ1n) is 9.33. The second-order valence-electron chi connectivity index (χ2n) is 6.52. The highest BCUT2D eigenvalue weighted by Crippen LogP contribution is 2.25. The van der Waals surface area contributed by atoms with Gasteiger partial charge in [0.15, 0.2) is 5.96 Å². The Morgan fingerprint density at radius 3 is 2.63 bits per heavy atom. The van der Waals surface area contributed by atoms with Crippen LogP contribution in [-0.2, 0) is 13.0 Å². The molecule has 2 aromatic rings. The molecule has 27 heavy (non-hydrogen) atoms. The highest BCUT2D eigenvalue weighted by molar-refractivity contribution is 6.42. The van der Waals surface area contributed by atoms with Crippen molar-refractivity contribution in [1.29, 1.82) is 0 Å². The first kappa shape index (κ1) is 21.5. The van der Waals surface area contributed by atoms with Gasteiger partial charge in [0.1, 0.15) is 12.2 Å². The van der Waals surface area contributed by atoms with E-state index >= 15 is 0 Å². The Morgan fingerprint density at radius 2 is 1.96 bits per heavy atom. The summed E-state index contributed by atoms with van der Waals surface area (Å²) >= 11 is 12.2. The predicted octanol–water partition coefficient (Wildman–Crippen LogP) is 4.24. The Labute approximate surface area is 171 Å². The van der Waals surface area contributed by atoms with E-state index in [1.54, 1.807) is 6.33 Å². The molecule has 0 spiro atoms. The van der Waals surface area contributed by atoms with E-state index < -0.39 is 0 Å². The zero-order valence-electron chi connectivity index (χ0n) is 16.3. The second kappa shape index (κ2) is 10.5. The van der Waals surface area contributed by atoms with Gasteiger partial charge in [-0.15, -0.1) is 10.2 Å². The normalized spacial score (nSPS) is 14.1. The van der Waals surface area contributed by atoms with Crippen LogP contribution in [0.1, 0.15) is 51.5 Å². The molecular formula is C19H28Cl2N6. The number of rotatable bonds is 8. The molecule has 8 heteroatoms. The molecule has 0 fully saturated rings. The summed E-state index contributed by atoms with van der Waals surface area (Å²) in [7, 11) is 0. The molecule has 0 aliphatic carbocycles. The van der Waals surface area contributed by atoms with Crippen molar-refractivity contribution in [1.82, 2.24) is 25.4 Å². The van der Waals surface area contributed by atoms with Gasteiger partial charge in [-0.05, 0) is 38.0 Å². The number of aryl methyl sites for hydroxylation is 1. The lowest BCUT2D eigenvalue weighted by atomic mass is 10.1. The van der Waals surface area contributed by atoms with Crippen molar-refractivity contribution in [3.63, 3.8) is 0 Å². The Kier molecular flexibility index (Phi) is 8.38. The Morgan fingerprint density at radius 1 is 1.19 bits per heavy atom. The molecule has 0 aliphatic heterocycles. The van der Waals surface area contributed by atoms with Crippen LogP contribution in [0.3, 0.4) is 0 Å². The lowest BCUT2D eigenvalue weighted by molar-refractivity contribution is 0.596. The number of nitrogens with one attached hydrogen (secondary N) is 2. The molecule has 1 aromatic carbocycles. The van der Waals surface area contributed by atoms with E-state index in [0.717, 1.165) is 36.7 Å². The van der Waals surface area contributed by atoms with E-state index in [2.05, 4.69) is 48.5 Å². The molecule has 0 bridgehead atoms. The van der Waals surface area contributed by atoms with Crippen molar-refractivity contribution in [3.05, 3.63) is 46.0 Å². The summed E-state index contributed by atoms with van der Waals surface area (Å²) in [6.07, 6.45) is 3.61. The number of hydrogen-bond acceptors (Lipinski definition) is 3. The van der Waals surface area contributed by atoms with Crippen molar-refractivity contribution in [2.75, 3.05) is 6.54 Å². The molecule has 0 amide bonds. The van der Waals surface area contributed by atoms with Crippen LogP contribution in [0.25, 0.3) is 0 Å². The lowest BCUT2D eigenvalue weighted by Crippen LogP contribution is -2.43. The van der Waals surface area contributed by atoms with E-state index in [1.165, 1.54) is 0 Å². The molecular weight excluding hydrogens is 383 g/mol. The fourth-order valence-corrected chi connectivity index (χ4v) is 2.85. The summed E-state index contributed by atoms with van der Waals surface area (Å²) < 4.78 is 2.03. The van der Waals surface area contributed by atoms with E-state index in [0.29, 0.717) is 22.6 Å². The SMILES string of the molecule is CCc1nncn1CCN=C(NC(C)CC)NC(C)c1ccc(Cl)c(Cl)c1. The fraction of sp³-hybridized carbons (Fsp3) is 0.526. The molecule has 2 atom stereocenters. The van der Waals surface area contributed by atoms with Crippen LogP contribution in [0.5, 0.6) is 0 Å². The lowest BCUT2D eigenvalue weighted by Gasteiger charge is -2.22. The van der Waals surface area contributed by atoms with E-state index in [9.17, 15) is 0 Å². The van der Waals surface area contributed by atoms with Crippen LogP contribution in [-0.4, -0.2) is 33.3 Å². The van der Waals surface area contributed by atoms with Crippen molar-refractivity contribution < 1.29 is 0 Å². The maximum Gasteiger partial charge on any atom is 0.192 e. The molecule has 0 saturated carbocycles. The van der Waals surface area contributed by atoms with Crippen molar-refractivity contribution in [2.45, 2.75) is 59.2 Å². The van der Waals surface area contributed by atoms with E-state index in [-0.39, 0.29) is 6.04 Å². The molecule has 6 nitrogen and oxygen atoms in total. The Bertz CT molecular complexity index is 758. The second-order valence-corrected chi connectivity index (χ2v) is 7.33. The van der Waals surface area contributed by atoms with Gasteiger partial charge in [-0.3, -0.25) is 4.99 Å². The van der Waals surface area contributed by atoms with Crippen LogP contribution in [0.4, 0.5) is 0 Å². The van der Waals surface area contributed by atoms with Crippen molar-refractivity contribution in [3.8, 4) is 0 Å². The molecule has 148 valence electrons. The van der Waals surface area contributed by atoms with Gasteiger partial charge in [0.2, 0.25) is 0 Å². The Balaban J connectivity index is 2.06. The predicted molar refractivity (Wildman–Crippen MR) is 113 cm³/mol. The summed E-state index contributed by atoms with van der Waals surface area (Å²) in [5.74, 6) is 1.74. The number of aromatic nitrogens is 3. The molecule has 1 heterocycles. The number of aliphatic imine (C=N–C) groups is 1. The zero-order chi connectivity index (χ0) is 19.8. The monoisotopic (exact) mass is 410 g/mol.